The number of carbonyl (C=O) groups is 1. The highest BCUT2D eigenvalue weighted by molar-refractivity contribution is 9.11. The van der Waals surface area contributed by atoms with Crippen molar-refractivity contribution in [2.45, 2.75) is 32.1 Å². The van der Waals surface area contributed by atoms with Crippen LogP contribution < -0.4 is 5.32 Å². The quantitative estimate of drug-likeness (QED) is 0.906. The topological polar surface area (TPSA) is 42.0 Å². The zero-order valence-corrected chi connectivity index (χ0v) is 10.7. The molecule has 15 heavy (non-hydrogen) atoms. The van der Waals surface area contributed by atoms with Crippen molar-refractivity contribution in [1.29, 1.82) is 0 Å². The standard InChI is InChI=1S/C10H13BrN2OS/c11-10-13-8(6-15-10)12-9(14)7-4-2-1-3-5-7/h6-7H,1-5H2,(H,12,14). The van der Waals surface area contributed by atoms with Gasteiger partial charge in [-0.1, -0.05) is 19.3 Å². The summed E-state index contributed by atoms with van der Waals surface area (Å²) in [5.41, 5.74) is 0. The van der Waals surface area contributed by atoms with Crippen LogP contribution in [0.1, 0.15) is 32.1 Å². The van der Waals surface area contributed by atoms with Crippen molar-refractivity contribution >= 4 is 39.0 Å². The summed E-state index contributed by atoms with van der Waals surface area (Å²) in [6.07, 6.45) is 5.68. The van der Waals surface area contributed by atoms with Crippen molar-refractivity contribution in [3.8, 4) is 0 Å². The molecule has 2 rings (SSSR count). The summed E-state index contributed by atoms with van der Waals surface area (Å²) < 4.78 is 0.807. The average molecular weight is 289 g/mol. The Balaban J connectivity index is 1.91. The Morgan fingerprint density at radius 2 is 2.20 bits per heavy atom. The molecule has 1 N–H and O–H groups in total. The molecule has 1 aliphatic rings. The van der Waals surface area contributed by atoms with E-state index in [0.29, 0.717) is 5.82 Å². The van der Waals surface area contributed by atoms with Crippen LogP contribution in [0.15, 0.2) is 9.30 Å². The smallest absolute Gasteiger partial charge is 0.228 e. The van der Waals surface area contributed by atoms with Crippen LogP contribution in [-0.4, -0.2) is 10.9 Å². The predicted octanol–water partition coefficient (Wildman–Crippen LogP) is 3.42. The number of anilines is 1. The lowest BCUT2D eigenvalue weighted by atomic mass is 9.89. The molecule has 0 bridgehead atoms. The second-order valence-electron chi connectivity index (χ2n) is 3.81. The maximum atomic E-state index is 11.8. The minimum atomic E-state index is 0.132. The van der Waals surface area contributed by atoms with Gasteiger partial charge in [-0.3, -0.25) is 4.79 Å². The van der Waals surface area contributed by atoms with Crippen molar-refractivity contribution < 1.29 is 4.79 Å². The molecule has 3 nitrogen and oxygen atoms in total. The minimum absolute atomic E-state index is 0.132. The summed E-state index contributed by atoms with van der Waals surface area (Å²) in [4.78, 5) is 16.0. The molecule has 1 amide bonds. The molecule has 1 saturated carbocycles. The maximum Gasteiger partial charge on any atom is 0.228 e. The van der Waals surface area contributed by atoms with E-state index in [1.165, 1.54) is 30.6 Å². The summed E-state index contributed by atoms with van der Waals surface area (Å²) in [7, 11) is 0. The van der Waals surface area contributed by atoms with E-state index in [4.69, 9.17) is 0 Å². The van der Waals surface area contributed by atoms with Gasteiger partial charge in [-0.15, -0.1) is 11.3 Å². The van der Waals surface area contributed by atoms with Gasteiger partial charge in [-0.2, -0.15) is 0 Å². The number of rotatable bonds is 2. The van der Waals surface area contributed by atoms with Gasteiger partial charge in [0.15, 0.2) is 3.92 Å². The molecule has 1 aromatic rings. The predicted molar refractivity (Wildman–Crippen MR) is 65.0 cm³/mol. The first-order valence-electron chi connectivity index (χ1n) is 5.17. The summed E-state index contributed by atoms with van der Waals surface area (Å²) in [5.74, 6) is 0.995. The lowest BCUT2D eigenvalue weighted by Crippen LogP contribution is -2.24. The highest BCUT2D eigenvalue weighted by atomic mass is 79.9. The molecule has 82 valence electrons. The van der Waals surface area contributed by atoms with Gasteiger partial charge in [0.25, 0.3) is 0 Å². The van der Waals surface area contributed by atoms with Gasteiger partial charge in [0.2, 0.25) is 5.91 Å². The molecule has 0 aliphatic heterocycles. The zero-order chi connectivity index (χ0) is 10.7. The Labute approximate surface area is 101 Å². The molecule has 1 aromatic heterocycles. The first-order chi connectivity index (χ1) is 7.25. The van der Waals surface area contributed by atoms with Gasteiger partial charge in [-0.05, 0) is 28.8 Å². The van der Waals surface area contributed by atoms with Crippen molar-refractivity contribution in [1.82, 2.24) is 4.98 Å². The first kappa shape index (κ1) is 11.1. The van der Waals surface area contributed by atoms with E-state index in [1.54, 1.807) is 0 Å². The van der Waals surface area contributed by atoms with Crippen LogP contribution in [0.3, 0.4) is 0 Å². The van der Waals surface area contributed by atoms with Crippen LogP contribution in [0.4, 0.5) is 5.82 Å². The second kappa shape index (κ2) is 5.07. The monoisotopic (exact) mass is 288 g/mol. The Morgan fingerprint density at radius 3 is 2.80 bits per heavy atom. The van der Waals surface area contributed by atoms with E-state index in [0.717, 1.165) is 16.8 Å². The molecule has 0 spiro atoms. The van der Waals surface area contributed by atoms with Gasteiger partial charge < -0.3 is 5.32 Å². The molecule has 1 heterocycles. The normalized spacial score (nSPS) is 17.7. The van der Waals surface area contributed by atoms with Crippen LogP contribution in [-0.2, 0) is 4.79 Å². The SMILES string of the molecule is O=C(Nc1csc(Br)n1)C1CCCCC1. The number of hydrogen-bond acceptors (Lipinski definition) is 3. The average Bonchev–Trinajstić information content (AvgIpc) is 2.65. The van der Waals surface area contributed by atoms with E-state index >= 15 is 0 Å². The summed E-state index contributed by atoms with van der Waals surface area (Å²) in [6.45, 7) is 0. The third-order valence-electron chi connectivity index (χ3n) is 2.70. The molecule has 0 radical (unpaired) electrons. The summed E-state index contributed by atoms with van der Waals surface area (Å²) in [5, 5.41) is 4.71. The fourth-order valence-electron chi connectivity index (χ4n) is 1.90. The third-order valence-corrected chi connectivity index (χ3v) is 4.07. The minimum Gasteiger partial charge on any atom is -0.310 e. The number of hydrogen-bond donors (Lipinski definition) is 1. The number of carbonyl (C=O) groups excluding carboxylic acids is 1. The van der Waals surface area contributed by atoms with E-state index in [1.807, 2.05) is 5.38 Å². The van der Waals surface area contributed by atoms with Crippen LogP contribution >= 0.6 is 27.3 Å². The molecule has 0 unspecified atom stereocenters. The van der Waals surface area contributed by atoms with E-state index in [9.17, 15) is 4.79 Å². The number of halogens is 1. The van der Waals surface area contributed by atoms with Crippen LogP contribution in [0.25, 0.3) is 0 Å². The number of nitrogens with one attached hydrogen (secondary N) is 1. The second-order valence-corrected chi connectivity index (χ2v) is 5.94. The number of amides is 1. The number of nitrogens with zero attached hydrogens (tertiary/aromatic N) is 1. The number of aromatic nitrogens is 1. The Kier molecular flexibility index (Phi) is 3.75. The van der Waals surface area contributed by atoms with Crippen molar-refractivity contribution in [2.24, 2.45) is 5.92 Å². The van der Waals surface area contributed by atoms with Crippen molar-refractivity contribution in [3.05, 3.63) is 9.30 Å². The van der Waals surface area contributed by atoms with Gasteiger partial charge in [0.1, 0.15) is 5.82 Å². The van der Waals surface area contributed by atoms with Crippen LogP contribution in [0, 0.1) is 5.92 Å². The van der Waals surface area contributed by atoms with Gasteiger partial charge >= 0.3 is 0 Å². The van der Waals surface area contributed by atoms with Crippen molar-refractivity contribution in [3.63, 3.8) is 0 Å². The van der Waals surface area contributed by atoms with E-state index < -0.39 is 0 Å². The molecule has 0 atom stereocenters. The van der Waals surface area contributed by atoms with Gasteiger partial charge in [0.05, 0.1) is 0 Å². The van der Waals surface area contributed by atoms with E-state index in [-0.39, 0.29) is 11.8 Å². The molecule has 5 heteroatoms. The Morgan fingerprint density at radius 1 is 1.47 bits per heavy atom. The molecule has 1 fully saturated rings. The molecular weight excluding hydrogens is 276 g/mol. The van der Waals surface area contributed by atoms with Crippen molar-refractivity contribution in [2.75, 3.05) is 5.32 Å². The molecular formula is C10H13BrN2OS. The maximum absolute atomic E-state index is 11.8. The van der Waals surface area contributed by atoms with Crippen LogP contribution in [0.2, 0.25) is 0 Å². The highest BCUT2D eigenvalue weighted by Gasteiger charge is 2.21. The first-order valence-corrected chi connectivity index (χ1v) is 6.85. The molecule has 0 saturated heterocycles. The van der Waals surface area contributed by atoms with Gasteiger partial charge in [0, 0.05) is 11.3 Å². The summed E-state index contributed by atoms with van der Waals surface area (Å²) >= 11 is 4.76. The molecule has 0 aromatic carbocycles. The fourth-order valence-corrected chi connectivity index (χ4v) is 2.85. The van der Waals surface area contributed by atoms with Gasteiger partial charge in [-0.25, -0.2) is 4.98 Å². The summed E-state index contributed by atoms with van der Waals surface area (Å²) in [6, 6.07) is 0. The number of thiazole rings is 1. The lowest BCUT2D eigenvalue weighted by molar-refractivity contribution is -0.120. The third kappa shape index (κ3) is 3.01. The van der Waals surface area contributed by atoms with E-state index in [2.05, 4.69) is 26.2 Å². The Hall–Kier alpha value is -0.420. The Bertz CT molecular complexity index is 347. The van der Waals surface area contributed by atoms with Crippen LogP contribution in [0.5, 0.6) is 0 Å². The molecule has 1 aliphatic carbocycles. The lowest BCUT2D eigenvalue weighted by Gasteiger charge is -2.19. The fraction of sp³-hybridized carbons (Fsp3) is 0.600. The largest absolute Gasteiger partial charge is 0.310 e. The highest BCUT2D eigenvalue weighted by Crippen LogP contribution is 2.25. The zero-order valence-electron chi connectivity index (χ0n) is 8.33.